The van der Waals surface area contributed by atoms with Gasteiger partial charge in [0.05, 0.1) is 0 Å². The van der Waals surface area contributed by atoms with Crippen LogP contribution in [0.1, 0.15) is 25.7 Å². The molecule has 22 heavy (non-hydrogen) atoms. The molecule has 0 aliphatic heterocycles. The third kappa shape index (κ3) is 4.37. The SMILES string of the molecule is C=C1CCCCC1C([Se]c1ccccc1)[Se]c1ccccc1. The van der Waals surface area contributed by atoms with Crippen molar-refractivity contribution in [1.82, 2.24) is 0 Å². The Labute approximate surface area is 146 Å². The van der Waals surface area contributed by atoms with E-state index in [9.17, 15) is 0 Å². The van der Waals surface area contributed by atoms with Crippen LogP contribution in [0.25, 0.3) is 0 Å². The van der Waals surface area contributed by atoms with Gasteiger partial charge in [0.25, 0.3) is 0 Å². The molecule has 0 amide bonds. The van der Waals surface area contributed by atoms with Gasteiger partial charge < -0.3 is 0 Å². The van der Waals surface area contributed by atoms with Crippen molar-refractivity contribution in [2.75, 3.05) is 0 Å². The fourth-order valence-corrected chi connectivity index (χ4v) is 10.4. The maximum atomic E-state index is 4.42. The summed E-state index contributed by atoms with van der Waals surface area (Å²) in [6.45, 7) is 4.42. The number of rotatable bonds is 5. The first-order valence-corrected chi connectivity index (χ1v) is 11.6. The Morgan fingerprint density at radius 3 is 1.86 bits per heavy atom. The molecule has 1 aliphatic carbocycles. The van der Waals surface area contributed by atoms with Crippen LogP contribution in [0.2, 0.25) is 3.71 Å². The second-order valence-corrected chi connectivity index (χ2v) is 12.4. The summed E-state index contributed by atoms with van der Waals surface area (Å²) in [5.41, 5.74) is 1.52. The molecule has 0 spiro atoms. The molecule has 0 radical (unpaired) electrons. The predicted octanol–water partition coefficient (Wildman–Crippen LogP) is 3.54. The van der Waals surface area contributed by atoms with E-state index >= 15 is 0 Å². The maximum absolute atomic E-state index is 4.42. The van der Waals surface area contributed by atoms with Crippen LogP contribution in [0.3, 0.4) is 0 Å². The van der Waals surface area contributed by atoms with E-state index in [0.717, 1.165) is 9.63 Å². The van der Waals surface area contributed by atoms with Gasteiger partial charge in [-0.1, -0.05) is 0 Å². The van der Waals surface area contributed by atoms with Gasteiger partial charge in [0.1, 0.15) is 0 Å². The molecule has 1 aliphatic rings. The van der Waals surface area contributed by atoms with Gasteiger partial charge in [-0.3, -0.25) is 0 Å². The molecule has 1 unspecified atom stereocenters. The third-order valence-electron chi connectivity index (χ3n) is 4.11. The first-order chi connectivity index (χ1) is 10.8. The fourth-order valence-electron chi connectivity index (χ4n) is 2.89. The second-order valence-electron chi connectivity index (χ2n) is 5.74. The van der Waals surface area contributed by atoms with Gasteiger partial charge in [-0.25, -0.2) is 0 Å². The summed E-state index contributed by atoms with van der Waals surface area (Å²) in [7, 11) is 0. The normalized spacial score (nSPS) is 18.6. The van der Waals surface area contributed by atoms with Gasteiger partial charge in [-0.05, 0) is 0 Å². The van der Waals surface area contributed by atoms with Crippen molar-refractivity contribution >= 4 is 38.8 Å². The zero-order valence-electron chi connectivity index (χ0n) is 12.8. The molecule has 2 aromatic carbocycles. The van der Waals surface area contributed by atoms with E-state index < -0.39 is 0 Å². The predicted molar refractivity (Wildman–Crippen MR) is 98.5 cm³/mol. The van der Waals surface area contributed by atoms with Crippen molar-refractivity contribution in [3.63, 3.8) is 0 Å². The standard InChI is InChI=1S/C20H22Se2/c1-16-10-8-9-15-19(16)20(21-17-11-4-2-5-12-17)22-18-13-6-3-7-14-18/h2-7,11-14,19-20H,1,8-10,15H2. The van der Waals surface area contributed by atoms with E-state index in [0.29, 0.717) is 29.9 Å². The molecule has 1 fully saturated rings. The van der Waals surface area contributed by atoms with Gasteiger partial charge in [-0.2, -0.15) is 0 Å². The van der Waals surface area contributed by atoms with Crippen molar-refractivity contribution in [2.24, 2.45) is 5.92 Å². The van der Waals surface area contributed by atoms with Gasteiger partial charge in [0.15, 0.2) is 0 Å². The van der Waals surface area contributed by atoms with E-state index in [1.807, 2.05) is 0 Å². The third-order valence-corrected chi connectivity index (χ3v) is 10.8. The van der Waals surface area contributed by atoms with Crippen LogP contribution in [-0.4, -0.2) is 29.9 Å². The minimum atomic E-state index is 0.544. The van der Waals surface area contributed by atoms with Gasteiger partial charge in [0, 0.05) is 0 Å². The summed E-state index contributed by atoms with van der Waals surface area (Å²) in [5, 5.41) is 0. The molecule has 2 aromatic rings. The van der Waals surface area contributed by atoms with Gasteiger partial charge in [-0.15, -0.1) is 0 Å². The second kappa shape index (κ2) is 8.18. The molecule has 0 aromatic heterocycles. The summed E-state index contributed by atoms with van der Waals surface area (Å²) in [5.74, 6) is 0.745. The van der Waals surface area contributed by atoms with Crippen molar-refractivity contribution in [3.05, 3.63) is 72.8 Å². The van der Waals surface area contributed by atoms with Crippen LogP contribution < -0.4 is 8.92 Å². The van der Waals surface area contributed by atoms with E-state index in [-0.39, 0.29) is 0 Å². The molecule has 114 valence electrons. The van der Waals surface area contributed by atoms with Crippen molar-refractivity contribution in [2.45, 2.75) is 29.4 Å². The van der Waals surface area contributed by atoms with Crippen LogP contribution in [0, 0.1) is 5.92 Å². The number of benzene rings is 2. The zero-order valence-corrected chi connectivity index (χ0v) is 16.2. The molecule has 0 N–H and O–H groups in total. The fraction of sp³-hybridized carbons (Fsp3) is 0.300. The van der Waals surface area contributed by atoms with Crippen LogP contribution in [0.4, 0.5) is 0 Å². The average molecular weight is 420 g/mol. The molecular formula is C20H22Se2. The molecule has 0 nitrogen and oxygen atoms in total. The van der Waals surface area contributed by atoms with Gasteiger partial charge >= 0.3 is 147 Å². The molecule has 0 saturated heterocycles. The summed E-state index contributed by atoms with van der Waals surface area (Å²) in [4.78, 5) is 0. The summed E-state index contributed by atoms with van der Waals surface area (Å²) in [6.07, 6.45) is 5.33. The Balaban J connectivity index is 1.79. The first-order valence-electron chi connectivity index (χ1n) is 7.94. The Kier molecular flexibility index (Phi) is 5.98. The van der Waals surface area contributed by atoms with Crippen molar-refractivity contribution in [3.8, 4) is 0 Å². The molecule has 0 heterocycles. The van der Waals surface area contributed by atoms with Gasteiger partial charge in [0.2, 0.25) is 0 Å². The van der Waals surface area contributed by atoms with Crippen LogP contribution >= 0.6 is 0 Å². The summed E-state index contributed by atoms with van der Waals surface area (Å²) in [6, 6.07) is 22.2. The molecule has 3 rings (SSSR count). The average Bonchev–Trinajstić information content (AvgIpc) is 2.57. The summed E-state index contributed by atoms with van der Waals surface area (Å²) >= 11 is 1.09. The van der Waals surface area contributed by atoms with E-state index in [4.69, 9.17) is 0 Å². The van der Waals surface area contributed by atoms with Crippen molar-refractivity contribution in [1.29, 1.82) is 0 Å². The molecule has 1 atom stereocenters. The van der Waals surface area contributed by atoms with Crippen LogP contribution in [0.5, 0.6) is 0 Å². The van der Waals surface area contributed by atoms with Crippen LogP contribution in [0.15, 0.2) is 72.8 Å². The Hall–Kier alpha value is -0.781. The molecule has 2 heteroatoms. The Bertz CT molecular complexity index is 550. The van der Waals surface area contributed by atoms with Crippen molar-refractivity contribution < 1.29 is 0 Å². The Morgan fingerprint density at radius 1 is 0.818 bits per heavy atom. The quantitative estimate of drug-likeness (QED) is 0.513. The topological polar surface area (TPSA) is 0 Å². The molecule has 0 bridgehead atoms. The monoisotopic (exact) mass is 422 g/mol. The zero-order chi connectivity index (χ0) is 15.2. The van der Waals surface area contributed by atoms with E-state index in [2.05, 4.69) is 67.2 Å². The molecular weight excluding hydrogens is 398 g/mol. The number of allylic oxidation sites excluding steroid dienone is 1. The minimum absolute atomic E-state index is 0.544. The first kappa shape index (κ1) is 16.1. The van der Waals surface area contributed by atoms with Crippen LogP contribution in [-0.2, 0) is 0 Å². The number of hydrogen-bond donors (Lipinski definition) is 0. The summed E-state index contributed by atoms with van der Waals surface area (Å²) < 4.78 is 3.88. The number of hydrogen-bond acceptors (Lipinski definition) is 0. The van der Waals surface area contributed by atoms with E-state index in [1.165, 1.54) is 40.2 Å². The molecule has 1 saturated carbocycles. The van der Waals surface area contributed by atoms with E-state index in [1.54, 1.807) is 0 Å². The Morgan fingerprint density at radius 2 is 1.36 bits per heavy atom.